The van der Waals surface area contributed by atoms with E-state index in [0.29, 0.717) is 22.1 Å². The van der Waals surface area contributed by atoms with E-state index in [0.717, 1.165) is 0 Å². The number of rotatable bonds is 7. The minimum atomic E-state index is -3.54. The van der Waals surface area contributed by atoms with E-state index < -0.39 is 9.84 Å². The molecule has 0 spiro atoms. The number of hydrogen-bond acceptors (Lipinski definition) is 5. The number of hydrogen-bond donors (Lipinski definition) is 0. The predicted molar refractivity (Wildman–Crippen MR) is 92.0 cm³/mol. The molecule has 2 rings (SSSR count). The molecule has 0 saturated heterocycles. The molecule has 0 fully saturated rings. The van der Waals surface area contributed by atoms with Gasteiger partial charge in [0, 0.05) is 17.0 Å². The van der Waals surface area contributed by atoms with Crippen molar-refractivity contribution in [1.29, 1.82) is 0 Å². The van der Waals surface area contributed by atoms with Crippen LogP contribution in [0, 0.1) is 0 Å². The highest BCUT2D eigenvalue weighted by Crippen LogP contribution is 2.28. The number of carbonyl (C=O) groups excluding carboxylic acids is 1. The normalized spacial score (nSPS) is 11.1. The topological polar surface area (TPSA) is 69.7 Å². The summed E-state index contributed by atoms with van der Waals surface area (Å²) in [7, 11) is -0.577. The molecule has 0 unspecified atom stereocenters. The molecule has 0 N–H and O–H groups in total. The Morgan fingerprint density at radius 3 is 2.21 bits per heavy atom. The fourth-order valence-corrected chi connectivity index (χ4v) is 3.51. The standard InChI is InChI=1S/C17H17ClO5S/c1-22-16-8-3-12(11-17(16)23-2)15(19)9-10-24(20,21)14-6-4-13(18)5-7-14/h3-8,11H,9-10H2,1-2H3. The Labute approximate surface area is 146 Å². The maximum atomic E-state index is 12.3. The first kappa shape index (κ1) is 18.3. The van der Waals surface area contributed by atoms with Crippen molar-refractivity contribution in [1.82, 2.24) is 0 Å². The average molecular weight is 369 g/mol. The van der Waals surface area contributed by atoms with Gasteiger partial charge in [-0.1, -0.05) is 11.6 Å². The molecule has 24 heavy (non-hydrogen) atoms. The second-order valence-corrected chi connectivity index (χ2v) is 7.56. The summed E-state index contributed by atoms with van der Waals surface area (Å²) < 4.78 is 34.8. The van der Waals surface area contributed by atoms with Crippen LogP contribution in [0.2, 0.25) is 5.02 Å². The molecule has 5 nitrogen and oxygen atoms in total. The van der Waals surface area contributed by atoms with E-state index in [4.69, 9.17) is 21.1 Å². The summed E-state index contributed by atoms with van der Waals surface area (Å²) in [5.41, 5.74) is 0.374. The number of Topliss-reactive ketones (excluding diaryl/α,β-unsaturated/α-hetero) is 1. The molecule has 0 aliphatic heterocycles. The van der Waals surface area contributed by atoms with Gasteiger partial charge in [0.05, 0.1) is 24.9 Å². The van der Waals surface area contributed by atoms with Crippen molar-refractivity contribution in [2.24, 2.45) is 0 Å². The lowest BCUT2D eigenvalue weighted by Gasteiger charge is -2.09. The lowest BCUT2D eigenvalue weighted by Crippen LogP contribution is -2.12. The third-order valence-electron chi connectivity index (χ3n) is 3.48. The van der Waals surface area contributed by atoms with Gasteiger partial charge in [0.1, 0.15) is 0 Å². The Bertz CT molecular complexity index is 829. The first-order valence-electron chi connectivity index (χ1n) is 7.11. The second kappa shape index (κ2) is 7.68. The molecule has 0 saturated carbocycles. The smallest absolute Gasteiger partial charge is 0.178 e. The van der Waals surface area contributed by atoms with Crippen molar-refractivity contribution in [2.45, 2.75) is 11.3 Å². The Hall–Kier alpha value is -2.05. The summed E-state index contributed by atoms with van der Waals surface area (Å²) in [6.45, 7) is 0. The average Bonchev–Trinajstić information content (AvgIpc) is 2.59. The predicted octanol–water partition coefficient (Wildman–Crippen LogP) is 3.40. The van der Waals surface area contributed by atoms with Crippen LogP contribution in [0.15, 0.2) is 47.4 Å². The van der Waals surface area contributed by atoms with Gasteiger partial charge in [-0.05, 0) is 42.5 Å². The largest absolute Gasteiger partial charge is 0.493 e. The van der Waals surface area contributed by atoms with Gasteiger partial charge < -0.3 is 9.47 Å². The molecule has 0 amide bonds. The Morgan fingerprint density at radius 1 is 1.00 bits per heavy atom. The lowest BCUT2D eigenvalue weighted by atomic mass is 10.1. The van der Waals surface area contributed by atoms with Crippen molar-refractivity contribution in [3.05, 3.63) is 53.1 Å². The fraction of sp³-hybridized carbons (Fsp3) is 0.235. The van der Waals surface area contributed by atoms with E-state index in [2.05, 4.69) is 0 Å². The molecule has 0 aliphatic carbocycles. The number of halogens is 1. The molecular weight excluding hydrogens is 352 g/mol. The number of ether oxygens (including phenoxy) is 2. The minimum Gasteiger partial charge on any atom is -0.493 e. The van der Waals surface area contributed by atoms with Crippen LogP contribution in [0.5, 0.6) is 11.5 Å². The van der Waals surface area contributed by atoms with E-state index in [1.165, 1.54) is 44.6 Å². The van der Waals surface area contributed by atoms with Crippen LogP contribution in [0.4, 0.5) is 0 Å². The van der Waals surface area contributed by atoms with Crippen LogP contribution in [0.25, 0.3) is 0 Å². The Kier molecular flexibility index (Phi) is 5.85. The zero-order valence-corrected chi connectivity index (χ0v) is 14.9. The van der Waals surface area contributed by atoms with Crippen LogP contribution in [0.3, 0.4) is 0 Å². The van der Waals surface area contributed by atoms with Gasteiger partial charge in [0.2, 0.25) is 0 Å². The summed E-state index contributed by atoms with van der Waals surface area (Å²) in [5, 5.41) is 0.454. The summed E-state index contributed by atoms with van der Waals surface area (Å²) >= 11 is 5.75. The molecule has 0 radical (unpaired) electrons. The maximum Gasteiger partial charge on any atom is 0.178 e. The van der Waals surface area contributed by atoms with E-state index in [9.17, 15) is 13.2 Å². The summed E-state index contributed by atoms with van der Waals surface area (Å²) in [5.74, 6) is 0.363. The fourth-order valence-electron chi connectivity index (χ4n) is 2.14. The number of benzene rings is 2. The summed E-state index contributed by atoms with van der Waals surface area (Å²) in [4.78, 5) is 12.4. The van der Waals surface area contributed by atoms with Crippen molar-refractivity contribution in [3.63, 3.8) is 0 Å². The zero-order chi connectivity index (χ0) is 17.7. The molecule has 0 aliphatic rings. The van der Waals surface area contributed by atoms with E-state index in [-0.39, 0.29) is 22.9 Å². The van der Waals surface area contributed by atoms with Gasteiger partial charge >= 0.3 is 0 Å². The molecule has 0 aromatic heterocycles. The Balaban J connectivity index is 2.11. The van der Waals surface area contributed by atoms with E-state index >= 15 is 0 Å². The lowest BCUT2D eigenvalue weighted by molar-refractivity contribution is 0.0988. The number of carbonyl (C=O) groups is 1. The Morgan fingerprint density at radius 2 is 1.62 bits per heavy atom. The van der Waals surface area contributed by atoms with Crippen LogP contribution in [0.1, 0.15) is 16.8 Å². The number of sulfone groups is 1. The zero-order valence-electron chi connectivity index (χ0n) is 13.3. The van der Waals surface area contributed by atoms with Crippen LogP contribution in [-0.2, 0) is 9.84 Å². The molecule has 2 aromatic rings. The summed E-state index contributed by atoms with van der Waals surface area (Å²) in [6.07, 6.45) is -0.125. The van der Waals surface area contributed by atoms with Crippen LogP contribution >= 0.6 is 11.6 Å². The van der Waals surface area contributed by atoms with Gasteiger partial charge in [-0.15, -0.1) is 0 Å². The van der Waals surface area contributed by atoms with Crippen LogP contribution < -0.4 is 9.47 Å². The molecule has 2 aromatic carbocycles. The SMILES string of the molecule is COc1ccc(C(=O)CCS(=O)(=O)c2ccc(Cl)cc2)cc1OC. The highest BCUT2D eigenvalue weighted by molar-refractivity contribution is 7.91. The molecule has 128 valence electrons. The molecular formula is C17H17ClO5S. The number of ketones is 1. The quantitative estimate of drug-likeness (QED) is 0.700. The highest BCUT2D eigenvalue weighted by Gasteiger charge is 2.18. The highest BCUT2D eigenvalue weighted by atomic mass is 35.5. The molecule has 0 bridgehead atoms. The van der Waals surface area contributed by atoms with E-state index in [1.807, 2.05) is 0 Å². The molecule has 0 heterocycles. The number of methoxy groups -OCH3 is 2. The first-order valence-corrected chi connectivity index (χ1v) is 9.14. The second-order valence-electron chi connectivity index (χ2n) is 5.02. The monoisotopic (exact) mass is 368 g/mol. The van der Waals surface area contributed by atoms with Gasteiger partial charge in [-0.25, -0.2) is 8.42 Å². The van der Waals surface area contributed by atoms with Gasteiger partial charge in [0.15, 0.2) is 27.1 Å². The first-order chi connectivity index (χ1) is 11.4. The maximum absolute atomic E-state index is 12.3. The van der Waals surface area contributed by atoms with E-state index in [1.54, 1.807) is 12.1 Å². The third-order valence-corrected chi connectivity index (χ3v) is 5.46. The summed E-state index contributed by atoms with van der Waals surface area (Å²) in [6, 6.07) is 10.6. The van der Waals surface area contributed by atoms with Gasteiger partial charge in [-0.3, -0.25) is 4.79 Å². The van der Waals surface area contributed by atoms with Crippen LogP contribution in [-0.4, -0.2) is 34.2 Å². The van der Waals surface area contributed by atoms with Crippen molar-refractivity contribution in [3.8, 4) is 11.5 Å². The van der Waals surface area contributed by atoms with Crippen molar-refractivity contribution < 1.29 is 22.7 Å². The molecule has 0 atom stereocenters. The van der Waals surface area contributed by atoms with Gasteiger partial charge in [-0.2, -0.15) is 0 Å². The molecule has 7 heteroatoms. The van der Waals surface area contributed by atoms with Crippen molar-refractivity contribution in [2.75, 3.05) is 20.0 Å². The van der Waals surface area contributed by atoms with Gasteiger partial charge in [0.25, 0.3) is 0 Å². The third kappa shape index (κ3) is 4.27. The minimum absolute atomic E-state index is 0.125. The van der Waals surface area contributed by atoms with Crippen molar-refractivity contribution >= 4 is 27.2 Å².